The maximum Gasteiger partial charge on any atom is 0.251 e. The lowest BCUT2D eigenvalue weighted by atomic mass is 9.84. The van der Waals surface area contributed by atoms with E-state index < -0.39 is 6.04 Å². The van der Waals surface area contributed by atoms with Crippen LogP contribution in [0.5, 0.6) is 0 Å². The van der Waals surface area contributed by atoms with Crippen molar-refractivity contribution in [2.45, 2.75) is 69.6 Å². The van der Waals surface area contributed by atoms with Gasteiger partial charge in [-0.25, -0.2) is 4.68 Å². The van der Waals surface area contributed by atoms with Gasteiger partial charge in [0.15, 0.2) is 6.04 Å². The first kappa shape index (κ1) is 26.3. The third kappa shape index (κ3) is 5.65. The summed E-state index contributed by atoms with van der Waals surface area (Å²) in [5.41, 5.74) is 3.36. The van der Waals surface area contributed by atoms with Crippen LogP contribution in [0.1, 0.15) is 68.2 Å². The molecule has 3 heterocycles. The van der Waals surface area contributed by atoms with Gasteiger partial charge in [-0.2, -0.15) is 0 Å². The van der Waals surface area contributed by atoms with Gasteiger partial charge in [-0.05, 0) is 73.6 Å². The lowest BCUT2D eigenvalue weighted by Crippen LogP contribution is -2.46. The number of aromatic nitrogens is 3. The molecule has 2 fully saturated rings. The summed E-state index contributed by atoms with van der Waals surface area (Å²) in [7, 11) is 0. The van der Waals surface area contributed by atoms with Crippen molar-refractivity contribution in [1.29, 1.82) is 0 Å². The molecule has 40 heavy (non-hydrogen) atoms. The molecule has 1 aliphatic heterocycles. The second-order valence-corrected chi connectivity index (χ2v) is 10.7. The Kier molecular flexibility index (Phi) is 7.90. The number of fused-ring (bicyclic) bond motifs is 1. The Bertz CT molecular complexity index is 1420. The summed E-state index contributed by atoms with van der Waals surface area (Å²) in [5, 5.41) is 11.4. The molecule has 6 rings (SSSR count). The molecule has 4 aromatic rings. The molecule has 1 N–H and O–H groups in total. The standard InChI is InChI=1S/C31H35N5O4/c37-29(21-35-27-12-5-4-11-26(27)33-34-35)36(24-16-14-23(15-17-24)22-8-2-1-3-9-22)30(28-13-7-19-40-28)31(38)32-20-25-10-6-18-39-25/h4-5,7,11-17,19,22,25,30H,1-3,6,8-10,18,20-21H2,(H,32,38)/t25-,30-/m1/s1. The highest BCUT2D eigenvalue weighted by atomic mass is 16.5. The smallest absolute Gasteiger partial charge is 0.251 e. The van der Waals surface area contributed by atoms with Gasteiger partial charge in [0.05, 0.1) is 17.9 Å². The summed E-state index contributed by atoms with van der Waals surface area (Å²) in [6, 6.07) is 18.1. The molecule has 2 aromatic heterocycles. The molecule has 1 saturated carbocycles. The van der Waals surface area contributed by atoms with Crippen molar-refractivity contribution in [3.63, 3.8) is 0 Å². The zero-order chi connectivity index (χ0) is 27.3. The first-order chi connectivity index (χ1) is 19.7. The van der Waals surface area contributed by atoms with Crippen LogP contribution in [0.3, 0.4) is 0 Å². The highest BCUT2D eigenvalue weighted by Gasteiger charge is 2.36. The van der Waals surface area contributed by atoms with Crippen molar-refractivity contribution < 1.29 is 18.7 Å². The van der Waals surface area contributed by atoms with Crippen molar-refractivity contribution in [1.82, 2.24) is 20.3 Å². The van der Waals surface area contributed by atoms with Crippen molar-refractivity contribution in [2.75, 3.05) is 18.1 Å². The molecule has 208 valence electrons. The predicted octanol–water partition coefficient (Wildman–Crippen LogP) is 5.14. The molecule has 2 aromatic carbocycles. The van der Waals surface area contributed by atoms with Gasteiger partial charge >= 0.3 is 0 Å². The van der Waals surface area contributed by atoms with E-state index in [0.29, 0.717) is 36.0 Å². The fourth-order valence-electron chi connectivity index (χ4n) is 5.96. The predicted molar refractivity (Wildman–Crippen MR) is 151 cm³/mol. The lowest BCUT2D eigenvalue weighted by molar-refractivity contribution is -0.127. The molecule has 0 bridgehead atoms. The molecule has 2 aliphatic rings. The Morgan fingerprint density at radius 3 is 2.55 bits per heavy atom. The first-order valence-electron chi connectivity index (χ1n) is 14.3. The molecule has 9 heteroatoms. The van der Waals surface area contributed by atoms with Crippen LogP contribution in [0.2, 0.25) is 0 Å². The number of carbonyl (C=O) groups is 2. The van der Waals surface area contributed by atoms with Crippen LogP contribution in [-0.2, 0) is 20.9 Å². The number of carbonyl (C=O) groups excluding carboxylic acids is 2. The molecular formula is C31H35N5O4. The average Bonchev–Trinajstić information content (AvgIpc) is 3.79. The Balaban J connectivity index is 1.33. The molecular weight excluding hydrogens is 506 g/mol. The van der Waals surface area contributed by atoms with Crippen molar-refractivity contribution in [3.8, 4) is 0 Å². The topological polar surface area (TPSA) is 102 Å². The molecule has 0 unspecified atom stereocenters. The normalized spacial score (nSPS) is 18.6. The molecule has 9 nitrogen and oxygen atoms in total. The Morgan fingerprint density at radius 1 is 0.975 bits per heavy atom. The second kappa shape index (κ2) is 12.0. The molecule has 2 atom stereocenters. The number of nitrogens with one attached hydrogen (secondary N) is 1. The minimum atomic E-state index is -1.00. The lowest BCUT2D eigenvalue weighted by Gasteiger charge is -2.31. The van der Waals surface area contributed by atoms with E-state index >= 15 is 0 Å². The Labute approximate surface area is 233 Å². The molecule has 2 amide bonds. The number of nitrogens with zero attached hydrogens (tertiary/aromatic N) is 4. The summed E-state index contributed by atoms with van der Waals surface area (Å²) in [6.45, 7) is 0.999. The number of rotatable bonds is 9. The summed E-state index contributed by atoms with van der Waals surface area (Å²) >= 11 is 0. The Morgan fingerprint density at radius 2 is 1.80 bits per heavy atom. The molecule has 1 saturated heterocycles. The van der Waals surface area contributed by atoms with Gasteiger partial charge in [0.1, 0.15) is 17.8 Å². The number of ether oxygens (including phenoxy) is 1. The van der Waals surface area contributed by atoms with E-state index in [1.807, 2.05) is 36.4 Å². The Hall–Kier alpha value is -3.98. The van der Waals surface area contributed by atoms with E-state index in [-0.39, 0.29) is 24.5 Å². The van der Waals surface area contributed by atoms with Crippen molar-refractivity contribution in [3.05, 3.63) is 78.3 Å². The average molecular weight is 542 g/mol. The van der Waals surface area contributed by atoms with E-state index in [2.05, 4.69) is 27.8 Å². The van der Waals surface area contributed by atoms with Crippen LogP contribution >= 0.6 is 0 Å². The quantitative estimate of drug-likeness (QED) is 0.315. The minimum absolute atomic E-state index is 0.0263. The van der Waals surface area contributed by atoms with Gasteiger partial charge in [0.25, 0.3) is 5.91 Å². The van der Waals surface area contributed by atoms with Crippen LogP contribution < -0.4 is 10.2 Å². The minimum Gasteiger partial charge on any atom is -0.467 e. The van der Waals surface area contributed by atoms with Gasteiger partial charge in [-0.3, -0.25) is 14.5 Å². The van der Waals surface area contributed by atoms with Gasteiger partial charge < -0.3 is 14.5 Å². The summed E-state index contributed by atoms with van der Waals surface area (Å²) < 4.78 is 13.0. The van der Waals surface area contributed by atoms with Crippen molar-refractivity contribution >= 4 is 28.5 Å². The number of amides is 2. The third-order valence-electron chi connectivity index (χ3n) is 8.07. The number of hydrogen-bond acceptors (Lipinski definition) is 6. The van der Waals surface area contributed by atoms with E-state index in [1.165, 1.54) is 48.8 Å². The molecule has 1 aliphatic carbocycles. The van der Waals surface area contributed by atoms with Gasteiger partial charge in [0.2, 0.25) is 5.91 Å². The summed E-state index contributed by atoms with van der Waals surface area (Å²) in [5.74, 6) is 0.301. The number of anilines is 1. The first-order valence-corrected chi connectivity index (χ1v) is 14.3. The van der Waals surface area contributed by atoms with E-state index in [4.69, 9.17) is 9.15 Å². The second-order valence-electron chi connectivity index (χ2n) is 10.7. The number of furan rings is 1. The highest BCUT2D eigenvalue weighted by molar-refractivity contribution is 6.01. The fraction of sp³-hybridized carbons (Fsp3) is 0.419. The maximum atomic E-state index is 14.1. The van der Waals surface area contributed by atoms with Crippen LogP contribution in [0, 0.1) is 0 Å². The molecule has 0 spiro atoms. The van der Waals surface area contributed by atoms with E-state index in [0.717, 1.165) is 18.4 Å². The maximum absolute atomic E-state index is 14.1. The van der Waals surface area contributed by atoms with Crippen LogP contribution in [0.4, 0.5) is 5.69 Å². The van der Waals surface area contributed by atoms with Crippen LogP contribution in [0.25, 0.3) is 11.0 Å². The van der Waals surface area contributed by atoms with Gasteiger partial charge in [-0.15, -0.1) is 5.10 Å². The van der Waals surface area contributed by atoms with E-state index in [9.17, 15) is 9.59 Å². The van der Waals surface area contributed by atoms with Gasteiger partial charge in [0, 0.05) is 18.8 Å². The number of para-hydroxylation sites is 1. The van der Waals surface area contributed by atoms with Gasteiger partial charge in [-0.1, -0.05) is 48.7 Å². The zero-order valence-electron chi connectivity index (χ0n) is 22.6. The summed E-state index contributed by atoms with van der Waals surface area (Å²) in [4.78, 5) is 29.5. The highest BCUT2D eigenvalue weighted by Crippen LogP contribution is 2.35. The summed E-state index contributed by atoms with van der Waals surface area (Å²) in [6.07, 6.45) is 9.52. The van der Waals surface area contributed by atoms with Crippen molar-refractivity contribution in [2.24, 2.45) is 0 Å². The largest absolute Gasteiger partial charge is 0.467 e. The van der Waals surface area contributed by atoms with Crippen LogP contribution in [0.15, 0.2) is 71.3 Å². The third-order valence-corrected chi connectivity index (χ3v) is 8.07. The fourth-order valence-corrected chi connectivity index (χ4v) is 5.96. The SMILES string of the molecule is O=C(NC[C@H]1CCCO1)[C@@H](c1ccco1)N(C(=O)Cn1nnc2ccccc21)c1ccc(C2CCCCC2)cc1. The zero-order valence-corrected chi connectivity index (χ0v) is 22.6. The number of benzene rings is 2. The molecule has 0 radical (unpaired) electrons. The number of hydrogen-bond donors (Lipinski definition) is 1. The monoisotopic (exact) mass is 541 g/mol. The van der Waals surface area contributed by atoms with Crippen LogP contribution in [-0.4, -0.2) is 46.1 Å². The van der Waals surface area contributed by atoms with E-state index in [1.54, 1.807) is 16.8 Å².